The van der Waals surface area contributed by atoms with Gasteiger partial charge in [-0.15, -0.1) is 0 Å². The normalized spacial score (nSPS) is 10.3. The molecular weight excluding hydrogens is 364 g/mol. The van der Waals surface area contributed by atoms with Gasteiger partial charge in [0.05, 0.1) is 25.0 Å². The maximum atomic E-state index is 12.4. The van der Waals surface area contributed by atoms with E-state index in [9.17, 15) is 4.79 Å². The Morgan fingerprint density at radius 1 is 1.15 bits per heavy atom. The van der Waals surface area contributed by atoms with E-state index in [1.165, 1.54) is 0 Å². The highest BCUT2D eigenvalue weighted by atomic mass is 35.5. The van der Waals surface area contributed by atoms with Crippen LogP contribution in [-0.2, 0) is 6.54 Å². The molecule has 0 aliphatic heterocycles. The molecule has 6 nitrogen and oxygen atoms in total. The summed E-state index contributed by atoms with van der Waals surface area (Å²) in [6.07, 6.45) is 3.27. The molecule has 3 rings (SSSR count). The second-order valence-electron chi connectivity index (χ2n) is 5.86. The van der Waals surface area contributed by atoms with Gasteiger partial charge in [0.25, 0.3) is 5.91 Å². The topological polar surface area (TPSA) is 76.1 Å². The molecule has 2 aromatic heterocycles. The number of benzene rings is 1. The minimum atomic E-state index is -0.203. The van der Waals surface area contributed by atoms with Crippen LogP contribution in [0, 0.1) is 6.92 Å². The van der Waals surface area contributed by atoms with Crippen molar-refractivity contribution in [1.82, 2.24) is 15.3 Å². The Hall–Kier alpha value is -3.12. The number of methoxy groups -OCH3 is 1. The third-order valence-electron chi connectivity index (χ3n) is 3.92. The molecule has 0 spiro atoms. The predicted octanol–water partition coefficient (Wildman–Crippen LogP) is 4.12. The molecule has 2 heterocycles. The highest BCUT2D eigenvalue weighted by Gasteiger charge is 2.11. The van der Waals surface area contributed by atoms with Crippen LogP contribution in [-0.4, -0.2) is 23.0 Å². The number of ether oxygens (including phenoxy) is 1. The van der Waals surface area contributed by atoms with Crippen LogP contribution in [0.25, 0.3) is 0 Å². The zero-order valence-electron chi connectivity index (χ0n) is 15.0. The summed E-state index contributed by atoms with van der Waals surface area (Å²) in [5, 5.41) is 6.64. The lowest BCUT2D eigenvalue weighted by molar-refractivity contribution is 0.0950. The summed E-state index contributed by atoms with van der Waals surface area (Å²) >= 11 is 6.14. The highest BCUT2D eigenvalue weighted by Crippen LogP contribution is 2.32. The average Bonchev–Trinajstić information content (AvgIpc) is 2.69. The van der Waals surface area contributed by atoms with E-state index in [1.54, 1.807) is 37.7 Å². The smallest absolute Gasteiger partial charge is 0.251 e. The number of aromatic nitrogens is 2. The molecule has 0 unspecified atom stereocenters. The van der Waals surface area contributed by atoms with Crippen LogP contribution in [0.4, 0.5) is 11.5 Å². The van der Waals surface area contributed by atoms with Gasteiger partial charge in [-0.1, -0.05) is 17.7 Å². The fourth-order valence-electron chi connectivity index (χ4n) is 2.48. The molecule has 0 saturated carbocycles. The zero-order valence-corrected chi connectivity index (χ0v) is 15.7. The second kappa shape index (κ2) is 8.51. The molecule has 7 heteroatoms. The van der Waals surface area contributed by atoms with Gasteiger partial charge in [0.1, 0.15) is 11.6 Å². The van der Waals surface area contributed by atoms with Crippen molar-refractivity contribution < 1.29 is 9.53 Å². The van der Waals surface area contributed by atoms with Gasteiger partial charge in [-0.2, -0.15) is 0 Å². The summed E-state index contributed by atoms with van der Waals surface area (Å²) in [7, 11) is 1.57. The van der Waals surface area contributed by atoms with Crippen LogP contribution >= 0.6 is 11.6 Å². The second-order valence-corrected chi connectivity index (χ2v) is 6.27. The number of hydrogen-bond donors (Lipinski definition) is 2. The fourth-order valence-corrected chi connectivity index (χ4v) is 2.64. The molecule has 0 saturated heterocycles. The van der Waals surface area contributed by atoms with E-state index < -0.39 is 0 Å². The molecular formula is C20H19ClN4O2. The van der Waals surface area contributed by atoms with Crippen molar-refractivity contribution in [2.75, 3.05) is 12.4 Å². The Morgan fingerprint density at radius 2 is 2.00 bits per heavy atom. The van der Waals surface area contributed by atoms with Crippen LogP contribution in [0.5, 0.6) is 5.75 Å². The number of hydrogen-bond acceptors (Lipinski definition) is 5. The van der Waals surface area contributed by atoms with Gasteiger partial charge < -0.3 is 15.4 Å². The quantitative estimate of drug-likeness (QED) is 0.670. The standard InChI is InChI=1S/C20H19ClN4O2/c1-13-9-17(18(27-2)11-16(13)21)25-19-10-14(6-8-23-19)20(26)24-12-15-5-3-4-7-22-15/h3-11H,12H2,1-2H3,(H,23,25)(H,24,26). The van der Waals surface area contributed by atoms with Crippen molar-refractivity contribution >= 4 is 29.0 Å². The number of amides is 1. The van der Waals surface area contributed by atoms with E-state index in [-0.39, 0.29) is 5.91 Å². The van der Waals surface area contributed by atoms with E-state index in [0.29, 0.717) is 28.7 Å². The van der Waals surface area contributed by atoms with E-state index in [0.717, 1.165) is 16.9 Å². The fraction of sp³-hybridized carbons (Fsp3) is 0.150. The lowest BCUT2D eigenvalue weighted by Crippen LogP contribution is -2.23. The Labute approximate surface area is 162 Å². The van der Waals surface area contributed by atoms with E-state index in [1.807, 2.05) is 31.2 Å². The van der Waals surface area contributed by atoms with Crippen molar-refractivity contribution in [3.05, 3.63) is 76.7 Å². The number of nitrogens with one attached hydrogen (secondary N) is 2. The van der Waals surface area contributed by atoms with Crippen LogP contribution in [0.2, 0.25) is 5.02 Å². The first kappa shape index (κ1) is 18.7. The van der Waals surface area contributed by atoms with E-state index in [4.69, 9.17) is 16.3 Å². The molecule has 0 radical (unpaired) electrons. The highest BCUT2D eigenvalue weighted by molar-refractivity contribution is 6.31. The summed E-state index contributed by atoms with van der Waals surface area (Å²) in [5.74, 6) is 0.920. The van der Waals surface area contributed by atoms with Crippen LogP contribution in [0.1, 0.15) is 21.6 Å². The van der Waals surface area contributed by atoms with Gasteiger partial charge >= 0.3 is 0 Å². The number of aryl methyl sites for hydroxylation is 1. The van der Waals surface area contributed by atoms with Crippen molar-refractivity contribution in [3.8, 4) is 5.75 Å². The minimum absolute atomic E-state index is 0.203. The SMILES string of the molecule is COc1cc(Cl)c(C)cc1Nc1cc(C(=O)NCc2ccccn2)ccn1. The Kier molecular flexibility index (Phi) is 5.88. The van der Waals surface area contributed by atoms with Crippen LogP contribution in [0.15, 0.2) is 54.9 Å². The number of rotatable bonds is 6. The molecule has 3 aromatic rings. The van der Waals surface area contributed by atoms with Crippen LogP contribution in [0.3, 0.4) is 0 Å². The number of carbonyl (C=O) groups is 1. The summed E-state index contributed by atoms with van der Waals surface area (Å²) in [4.78, 5) is 20.9. The van der Waals surface area contributed by atoms with Crippen molar-refractivity contribution in [1.29, 1.82) is 0 Å². The third-order valence-corrected chi connectivity index (χ3v) is 4.33. The minimum Gasteiger partial charge on any atom is -0.495 e. The van der Waals surface area contributed by atoms with Gasteiger partial charge in [-0.25, -0.2) is 4.98 Å². The number of pyridine rings is 2. The summed E-state index contributed by atoms with van der Waals surface area (Å²) in [5.41, 5.74) is 2.91. The zero-order chi connectivity index (χ0) is 19.2. The van der Waals surface area contributed by atoms with Crippen LogP contribution < -0.4 is 15.4 Å². The maximum absolute atomic E-state index is 12.4. The molecule has 0 aliphatic rings. The lowest BCUT2D eigenvalue weighted by atomic mass is 10.2. The lowest BCUT2D eigenvalue weighted by Gasteiger charge is -2.13. The molecule has 138 valence electrons. The molecule has 0 fully saturated rings. The molecule has 1 amide bonds. The monoisotopic (exact) mass is 382 g/mol. The van der Waals surface area contributed by atoms with Crippen molar-refractivity contribution in [2.24, 2.45) is 0 Å². The summed E-state index contributed by atoms with van der Waals surface area (Å²) in [6.45, 7) is 2.26. The van der Waals surface area contributed by atoms with Gasteiger partial charge in [0, 0.05) is 29.0 Å². The summed E-state index contributed by atoms with van der Waals surface area (Å²) in [6, 6.07) is 12.5. The molecule has 0 atom stereocenters. The Balaban J connectivity index is 1.74. The van der Waals surface area contributed by atoms with Gasteiger partial charge in [0.2, 0.25) is 0 Å². The van der Waals surface area contributed by atoms with Crippen molar-refractivity contribution in [2.45, 2.75) is 13.5 Å². The molecule has 0 bridgehead atoms. The average molecular weight is 383 g/mol. The molecule has 2 N–H and O–H groups in total. The summed E-state index contributed by atoms with van der Waals surface area (Å²) < 4.78 is 5.36. The molecule has 0 aliphatic carbocycles. The van der Waals surface area contributed by atoms with E-state index >= 15 is 0 Å². The van der Waals surface area contributed by atoms with E-state index in [2.05, 4.69) is 20.6 Å². The van der Waals surface area contributed by atoms with Gasteiger partial charge in [-0.3, -0.25) is 9.78 Å². The Morgan fingerprint density at radius 3 is 2.74 bits per heavy atom. The van der Waals surface area contributed by atoms with Crippen molar-refractivity contribution in [3.63, 3.8) is 0 Å². The number of nitrogens with zero attached hydrogens (tertiary/aromatic N) is 2. The van der Waals surface area contributed by atoms with Gasteiger partial charge in [-0.05, 0) is 42.8 Å². The largest absolute Gasteiger partial charge is 0.495 e. The molecule has 1 aromatic carbocycles. The maximum Gasteiger partial charge on any atom is 0.251 e. The molecule has 27 heavy (non-hydrogen) atoms. The first-order valence-corrected chi connectivity index (χ1v) is 8.70. The third kappa shape index (κ3) is 4.74. The predicted molar refractivity (Wildman–Crippen MR) is 106 cm³/mol. The Bertz CT molecular complexity index is 948. The first-order valence-electron chi connectivity index (χ1n) is 8.32. The van der Waals surface area contributed by atoms with Gasteiger partial charge in [0.15, 0.2) is 0 Å². The number of halogens is 1. The number of carbonyl (C=O) groups excluding carboxylic acids is 1. The number of anilines is 2. The first-order chi connectivity index (χ1) is 13.1.